The molecular weight excluding hydrogens is 388 g/mol. The molecule has 1 aromatic carbocycles. The van der Waals surface area contributed by atoms with Crippen molar-refractivity contribution in [1.29, 1.82) is 0 Å². The van der Waals surface area contributed by atoms with E-state index in [1.165, 1.54) is 6.07 Å². The van der Waals surface area contributed by atoms with Crippen molar-refractivity contribution in [3.63, 3.8) is 0 Å². The van der Waals surface area contributed by atoms with Gasteiger partial charge >= 0.3 is 12.3 Å². The van der Waals surface area contributed by atoms with E-state index in [2.05, 4.69) is 19.2 Å². The number of alkyl halides is 2. The standard InChI is InChI=1S/C14H7Cl2F3N2O4/c1-23-13(22)10-6(16)8(20)7(17)9(21-10)4-2-3-5(15)12-11(4)24-14(18,19)25-12/h2-3H,1H3,(H2,20,21). The summed E-state index contributed by atoms with van der Waals surface area (Å²) < 4.78 is 54.4. The first-order chi connectivity index (χ1) is 11.7. The van der Waals surface area contributed by atoms with Gasteiger partial charge in [0.2, 0.25) is 0 Å². The van der Waals surface area contributed by atoms with Gasteiger partial charge in [-0.1, -0.05) is 23.2 Å². The molecule has 1 aromatic heterocycles. The van der Waals surface area contributed by atoms with Gasteiger partial charge in [0.25, 0.3) is 0 Å². The van der Waals surface area contributed by atoms with Crippen molar-refractivity contribution in [3.05, 3.63) is 33.7 Å². The smallest absolute Gasteiger partial charge is 0.464 e. The van der Waals surface area contributed by atoms with Crippen LogP contribution in [0.3, 0.4) is 0 Å². The Kier molecular flexibility index (Phi) is 4.08. The van der Waals surface area contributed by atoms with Crippen molar-refractivity contribution in [2.75, 3.05) is 12.8 Å². The Morgan fingerprint density at radius 2 is 1.92 bits per heavy atom. The summed E-state index contributed by atoms with van der Waals surface area (Å²) in [6.07, 6.45) is -4.00. The van der Waals surface area contributed by atoms with Crippen LogP contribution in [-0.2, 0) is 4.74 Å². The highest BCUT2D eigenvalue weighted by molar-refractivity contribution is 6.36. The number of ether oxygens (including phenoxy) is 3. The van der Waals surface area contributed by atoms with Gasteiger partial charge in [0.05, 0.1) is 22.8 Å². The summed E-state index contributed by atoms with van der Waals surface area (Å²) in [4.78, 5) is 15.5. The number of anilines is 1. The molecule has 0 unspecified atom stereocenters. The Bertz CT molecular complexity index is 908. The molecule has 11 heteroatoms. The number of methoxy groups -OCH3 is 1. The lowest BCUT2D eigenvalue weighted by Crippen LogP contribution is -2.26. The van der Waals surface area contributed by atoms with Crippen molar-refractivity contribution in [2.45, 2.75) is 6.29 Å². The molecule has 0 radical (unpaired) electrons. The molecule has 0 aliphatic carbocycles. The summed E-state index contributed by atoms with van der Waals surface area (Å²) in [6, 6.07) is 2.33. The first-order valence-corrected chi connectivity index (χ1v) is 7.23. The average Bonchev–Trinajstić information content (AvgIpc) is 2.89. The lowest BCUT2D eigenvalue weighted by Gasteiger charge is -2.12. The van der Waals surface area contributed by atoms with Gasteiger partial charge in [0.15, 0.2) is 23.0 Å². The molecule has 25 heavy (non-hydrogen) atoms. The number of halogens is 5. The molecule has 1 aliphatic rings. The molecule has 3 rings (SSSR count). The average molecular weight is 395 g/mol. The van der Waals surface area contributed by atoms with Gasteiger partial charge in [-0.25, -0.2) is 14.2 Å². The minimum atomic E-state index is -4.00. The third kappa shape index (κ3) is 2.79. The van der Waals surface area contributed by atoms with E-state index >= 15 is 0 Å². The maximum atomic E-state index is 14.5. The zero-order valence-corrected chi connectivity index (χ0v) is 13.7. The monoisotopic (exact) mass is 394 g/mol. The van der Waals surface area contributed by atoms with E-state index in [4.69, 9.17) is 28.9 Å². The number of benzene rings is 1. The van der Waals surface area contributed by atoms with E-state index in [-0.39, 0.29) is 10.6 Å². The summed E-state index contributed by atoms with van der Waals surface area (Å²) in [5.74, 6) is -3.19. The molecule has 1 aliphatic heterocycles. The molecule has 0 spiro atoms. The molecule has 2 N–H and O–H groups in total. The fourth-order valence-corrected chi connectivity index (χ4v) is 2.54. The predicted molar refractivity (Wildman–Crippen MR) is 81.6 cm³/mol. The Morgan fingerprint density at radius 3 is 2.56 bits per heavy atom. The number of hydrogen-bond donors (Lipinski definition) is 1. The molecular formula is C14H7Cl2F3N2O4. The van der Waals surface area contributed by atoms with E-state index < -0.39 is 51.7 Å². The molecule has 0 saturated carbocycles. The molecule has 0 atom stereocenters. The number of pyridine rings is 1. The second kappa shape index (κ2) is 5.85. The molecule has 2 heterocycles. The van der Waals surface area contributed by atoms with Crippen LogP contribution in [0.2, 0.25) is 10.0 Å². The number of carbonyl (C=O) groups is 1. The van der Waals surface area contributed by atoms with Crippen LogP contribution < -0.4 is 15.2 Å². The number of aromatic nitrogens is 1. The summed E-state index contributed by atoms with van der Waals surface area (Å²) in [5, 5.41) is -0.660. The maximum absolute atomic E-state index is 14.5. The molecule has 6 nitrogen and oxygen atoms in total. The quantitative estimate of drug-likeness (QED) is 0.778. The number of nitrogens with zero attached hydrogens (tertiary/aromatic N) is 1. The Labute approximate surface area is 148 Å². The van der Waals surface area contributed by atoms with Crippen LogP contribution in [0.4, 0.5) is 18.9 Å². The highest BCUT2D eigenvalue weighted by atomic mass is 35.5. The normalized spacial score (nSPS) is 14.5. The summed E-state index contributed by atoms with van der Waals surface area (Å²) in [7, 11) is 1.05. The lowest BCUT2D eigenvalue weighted by molar-refractivity contribution is -0.286. The SMILES string of the molecule is COC(=O)c1nc(-c2ccc(Cl)c3c2OC(F)(F)O3)c(F)c(N)c1Cl. The largest absolute Gasteiger partial charge is 0.586 e. The van der Waals surface area contributed by atoms with Crippen LogP contribution in [0.1, 0.15) is 10.5 Å². The Morgan fingerprint density at radius 1 is 1.28 bits per heavy atom. The second-order valence-corrected chi connectivity index (χ2v) is 5.55. The van der Waals surface area contributed by atoms with Crippen molar-refractivity contribution in [1.82, 2.24) is 4.98 Å². The van der Waals surface area contributed by atoms with Crippen LogP contribution in [-0.4, -0.2) is 24.4 Å². The van der Waals surface area contributed by atoms with E-state index in [1.807, 2.05) is 0 Å². The molecule has 0 amide bonds. The van der Waals surface area contributed by atoms with Crippen molar-refractivity contribution in [3.8, 4) is 22.8 Å². The Hall–Kier alpha value is -2.39. The molecule has 0 bridgehead atoms. The summed E-state index contributed by atoms with van der Waals surface area (Å²) in [6.45, 7) is 0. The van der Waals surface area contributed by atoms with Gasteiger partial charge < -0.3 is 19.9 Å². The second-order valence-electron chi connectivity index (χ2n) is 4.76. The molecule has 0 saturated heterocycles. The minimum absolute atomic E-state index is 0.188. The molecule has 132 valence electrons. The van der Waals surface area contributed by atoms with Gasteiger partial charge in [0, 0.05) is 5.56 Å². The zero-order valence-electron chi connectivity index (χ0n) is 12.2. The topological polar surface area (TPSA) is 83.7 Å². The number of nitrogen functional groups attached to an aromatic ring is 1. The van der Waals surface area contributed by atoms with Crippen LogP contribution >= 0.6 is 23.2 Å². The van der Waals surface area contributed by atoms with Gasteiger partial charge in [-0.05, 0) is 12.1 Å². The number of rotatable bonds is 2. The van der Waals surface area contributed by atoms with E-state index in [1.54, 1.807) is 0 Å². The van der Waals surface area contributed by atoms with Gasteiger partial charge in [0.1, 0.15) is 5.69 Å². The van der Waals surface area contributed by atoms with E-state index in [0.717, 1.165) is 13.2 Å². The van der Waals surface area contributed by atoms with E-state index in [9.17, 15) is 18.0 Å². The maximum Gasteiger partial charge on any atom is 0.586 e. The van der Waals surface area contributed by atoms with Gasteiger partial charge in [-0.15, -0.1) is 8.78 Å². The molecule has 0 fully saturated rings. The van der Waals surface area contributed by atoms with Gasteiger partial charge in [-0.3, -0.25) is 0 Å². The first kappa shape index (κ1) is 17.4. The summed E-state index contributed by atoms with van der Waals surface area (Å²) >= 11 is 11.6. The number of hydrogen-bond acceptors (Lipinski definition) is 6. The first-order valence-electron chi connectivity index (χ1n) is 6.47. The van der Waals surface area contributed by atoms with Crippen LogP contribution in [0.25, 0.3) is 11.3 Å². The highest BCUT2D eigenvalue weighted by Crippen LogP contribution is 2.51. The predicted octanol–water partition coefficient (Wildman–Crippen LogP) is 3.88. The lowest BCUT2D eigenvalue weighted by atomic mass is 10.1. The van der Waals surface area contributed by atoms with E-state index in [0.29, 0.717) is 0 Å². The fourth-order valence-electron chi connectivity index (χ4n) is 2.15. The summed E-state index contributed by atoms with van der Waals surface area (Å²) in [5.41, 5.74) is 3.62. The third-order valence-electron chi connectivity index (χ3n) is 3.25. The highest BCUT2D eigenvalue weighted by Gasteiger charge is 2.46. The van der Waals surface area contributed by atoms with Crippen LogP contribution in [0.5, 0.6) is 11.5 Å². The van der Waals surface area contributed by atoms with Crippen molar-refractivity contribution >= 4 is 34.9 Å². The van der Waals surface area contributed by atoms with Crippen LogP contribution in [0, 0.1) is 5.82 Å². The van der Waals surface area contributed by atoms with Crippen LogP contribution in [0.15, 0.2) is 12.1 Å². The zero-order chi connectivity index (χ0) is 18.5. The third-order valence-corrected chi connectivity index (χ3v) is 3.93. The Balaban J connectivity index is 2.28. The number of esters is 1. The van der Waals surface area contributed by atoms with Crippen molar-refractivity contribution in [2.24, 2.45) is 0 Å². The van der Waals surface area contributed by atoms with Gasteiger partial charge in [-0.2, -0.15) is 0 Å². The fraction of sp³-hybridized carbons (Fsp3) is 0.143. The number of carbonyl (C=O) groups excluding carboxylic acids is 1. The molecule has 2 aromatic rings. The van der Waals surface area contributed by atoms with Crippen molar-refractivity contribution < 1.29 is 32.2 Å². The minimum Gasteiger partial charge on any atom is -0.464 e. The number of nitrogens with two attached hydrogens (primary N) is 1. The number of fused-ring (bicyclic) bond motifs is 1.